The highest BCUT2D eigenvalue weighted by Gasteiger charge is 2.33. The summed E-state index contributed by atoms with van der Waals surface area (Å²) in [4.78, 5) is 14.5. The van der Waals surface area contributed by atoms with Gasteiger partial charge in [0.05, 0.1) is 16.9 Å². The lowest BCUT2D eigenvalue weighted by Crippen LogP contribution is -2.30. The second-order valence-electron chi connectivity index (χ2n) is 3.41. The van der Waals surface area contributed by atoms with Gasteiger partial charge in [0.2, 0.25) is 0 Å². The van der Waals surface area contributed by atoms with E-state index in [0.29, 0.717) is 0 Å². The van der Waals surface area contributed by atoms with Crippen LogP contribution in [0.1, 0.15) is 19.5 Å². The van der Waals surface area contributed by atoms with Gasteiger partial charge in [-0.05, 0) is 19.9 Å². The second-order valence-corrected chi connectivity index (χ2v) is 3.82. The molecule has 0 aliphatic carbocycles. The Morgan fingerprint density at radius 3 is 2.64 bits per heavy atom. The predicted molar refractivity (Wildman–Crippen MR) is 49.9 cm³/mol. The summed E-state index contributed by atoms with van der Waals surface area (Å²) in [5.41, 5.74) is -1.06. The van der Waals surface area contributed by atoms with E-state index in [1.807, 2.05) is 0 Å². The van der Waals surface area contributed by atoms with Crippen molar-refractivity contribution in [2.75, 3.05) is 0 Å². The molecule has 3 nitrogen and oxygen atoms in total. The van der Waals surface area contributed by atoms with Crippen molar-refractivity contribution >= 4 is 17.6 Å². The Morgan fingerprint density at radius 2 is 2.21 bits per heavy atom. The molecule has 1 aromatic heterocycles. The summed E-state index contributed by atoms with van der Waals surface area (Å²) < 4.78 is 12.6. The number of pyridine rings is 1. The molecule has 0 fully saturated rings. The number of aromatic nitrogens is 1. The van der Waals surface area contributed by atoms with Gasteiger partial charge < -0.3 is 5.11 Å². The molecular weight excluding hydrogens is 209 g/mol. The molecule has 0 saturated heterocycles. The van der Waals surface area contributed by atoms with Crippen molar-refractivity contribution in [2.24, 2.45) is 0 Å². The lowest BCUT2D eigenvalue weighted by atomic mass is 9.89. The van der Waals surface area contributed by atoms with E-state index in [0.717, 1.165) is 12.3 Å². The Kier molecular flexibility index (Phi) is 2.76. The third-order valence-electron chi connectivity index (χ3n) is 1.93. The molecule has 1 rings (SSSR count). The first kappa shape index (κ1) is 10.9. The van der Waals surface area contributed by atoms with Crippen molar-refractivity contribution in [3.8, 4) is 0 Å². The minimum absolute atomic E-state index is 0.0254. The summed E-state index contributed by atoms with van der Waals surface area (Å²) in [6, 6.07) is 1.05. The predicted octanol–water partition coefficient (Wildman–Crippen LogP) is 2.24. The fourth-order valence-electron chi connectivity index (χ4n) is 0.976. The molecule has 0 bridgehead atoms. The van der Waals surface area contributed by atoms with Gasteiger partial charge in [-0.15, -0.1) is 0 Å². The van der Waals surface area contributed by atoms with Gasteiger partial charge in [-0.3, -0.25) is 9.78 Å². The average molecular weight is 218 g/mol. The number of aliphatic carboxylic acids is 1. The van der Waals surface area contributed by atoms with E-state index in [2.05, 4.69) is 4.98 Å². The van der Waals surface area contributed by atoms with E-state index in [1.165, 1.54) is 13.8 Å². The van der Waals surface area contributed by atoms with Crippen LogP contribution in [0.25, 0.3) is 0 Å². The Labute approximate surface area is 85.5 Å². The molecule has 14 heavy (non-hydrogen) atoms. The minimum Gasteiger partial charge on any atom is -0.481 e. The van der Waals surface area contributed by atoms with Crippen LogP contribution in [0.5, 0.6) is 0 Å². The number of carboxylic acids is 1. The first-order chi connectivity index (χ1) is 6.35. The molecule has 0 amide bonds. The summed E-state index contributed by atoms with van der Waals surface area (Å²) in [7, 11) is 0. The Hall–Kier alpha value is -1.16. The highest BCUT2D eigenvalue weighted by atomic mass is 35.5. The van der Waals surface area contributed by atoms with E-state index in [9.17, 15) is 9.18 Å². The lowest BCUT2D eigenvalue weighted by molar-refractivity contribution is -0.142. The van der Waals surface area contributed by atoms with Crippen LogP contribution < -0.4 is 0 Å². The zero-order valence-corrected chi connectivity index (χ0v) is 8.47. The van der Waals surface area contributed by atoms with Gasteiger partial charge in [0.1, 0.15) is 11.2 Å². The molecule has 0 spiro atoms. The van der Waals surface area contributed by atoms with E-state index in [-0.39, 0.29) is 10.7 Å². The molecular formula is C9H9ClFNO2. The number of hydrogen-bond acceptors (Lipinski definition) is 2. The van der Waals surface area contributed by atoms with E-state index in [1.54, 1.807) is 0 Å². The van der Waals surface area contributed by atoms with Crippen molar-refractivity contribution in [3.63, 3.8) is 0 Å². The van der Waals surface area contributed by atoms with Crippen LogP contribution in [0, 0.1) is 5.82 Å². The number of carboxylic acid groups (broad SMARTS) is 1. The van der Waals surface area contributed by atoms with Crippen molar-refractivity contribution in [2.45, 2.75) is 19.3 Å². The van der Waals surface area contributed by atoms with Crippen LogP contribution in [0.3, 0.4) is 0 Å². The number of halogens is 2. The topological polar surface area (TPSA) is 50.2 Å². The summed E-state index contributed by atoms with van der Waals surface area (Å²) in [6.45, 7) is 2.92. The number of hydrogen-bond donors (Lipinski definition) is 1. The summed E-state index contributed by atoms with van der Waals surface area (Å²) >= 11 is 5.69. The second kappa shape index (κ2) is 3.53. The largest absolute Gasteiger partial charge is 0.481 e. The van der Waals surface area contributed by atoms with Crippen molar-refractivity contribution < 1.29 is 14.3 Å². The third-order valence-corrected chi connectivity index (χ3v) is 2.22. The normalized spacial score (nSPS) is 11.4. The van der Waals surface area contributed by atoms with Gasteiger partial charge >= 0.3 is 5.97 Å². The van der Waals surface area contributed by atoms with Crippen molar-refractivity contribution in [1.82, 2.24) is 4.98 Å². The first-order valence-electron chi connectivity index (χ1n) is 3.90. The summed E-state index contributed by atoms with van der Waals surface area (Å²) in [5.74, 6) is -1.64. The maximum atomic E-state index is 12.6. The minimum atomic E-state index is -1.22. The molecule has 0 aromatic carbocycles. The average Bonchev–Trinajstić information content (AvgIpc) is 2.02. The van der Waals surface area contributed by atoms with Gasteiger partial charge in [0.15, 0.2) is 0 Å². The monoisotopic (exact) mass is 217 g/mol. The van der Waals surface area contributed by atoms with Gasteiger partial charge in [0.25, 0.3) is 0 Å². The van der Waals surface area contributed by atoms with Gasteiger partial charge in [-0.1, -0.05) is 11.6 Å². The number of rotatable bonds is 2. The van der Waals surface area contributed by atoms with E-state index < -0.39 is 17.2 Å². The zero-order valence-electron chi connectivity index (χ0n) is 7.71. The van der Waals surface area contributed by atoms with E-state index in [4.69, 9.17) is 16.7 Å². The third kappa shape index (κ3) is 1.85. The van der Waals surface area contributed by atoms with Gasteiger partial charge in [0, 0.05) is 0 Å². The SMILES string of the molecule is CC(C)(C(=O)O)c1ncc(F)cc1Cl. The smallest absolute Gasteiger partial charge is 0.315 e. The molecule has 5 heteroatoms. The molecule has 0 aliphatic heterocycles. The standard InChI is InChI=1S/C9H9ClFNO2/c1-9(2,8(13)14)7-6(10)3-5(11)4-12-7/h3-4H,1-2H3,(H,13,14). The molecule has 0 unspecified atom stereocenters. The Balaban J connectivity index is 3.26. The fourth-order valence-corrected chi connectivity index (χ4v) is 1.37. The Morgan fingerprint density at radius 1 is 1.64 bits per heavy atom. The van der Waals surface area contributed by atoms with Crippen LogP contribution in [0.2, 0.25) is 5.02 Å². The Bertz CT molecular complexity index is 379. The van der Waals surface area contributed by atoms with Gasteiger partial charge in [-0.25, -0.2) is 4.39 Å². The maximum absolute atomic E-state index is 12.6. The molecule has 76 valence electrons. The molecule has 1 heterocycles. The van der Waals surface area contributed by atoms with Crippen LogP contribution in [-0.4, -0.2) is 16.1 Å². The maximum Gasteiger partial charge on any atom is 0.315 e. The molecule has 1 N–H and O–H groups in total. The molecule has 1 aromatic rings. The quantitative estimate of drug-likeness (QED) is 0.827. The van der Waals surface area contributed by atoms with Gasteiger partial charge in [-0.2, -0.15) is 0 Å². The van der Waals surface area contributed by atoms with Crippen LogP contribution in [0.4, 0.5) is 4.39 Å². The highest BCUT2D eigenvalue weighted by molar-refractivity contribution is 6.31. The number of nitrogens with zero attached hydrogens (tertiary/aromatic N) is 1. The first-order valence-corrected chi connectivity index (χ1v) is 4.28. The number of carbonyl (C=O) groups is 1. The van der Waals surface area contributed by atoms with E-state index >= 15 is 0 Å². The summed E-state index contributed by atoms with van der Waals surface area (Å²) in [5, 5.41) is 8.92. The molecule has 0 atom stereocenters. The van der Waals surface area contributed by atoms with Crippen LogP contribution in [0.15, 0.2) is 12.3 Å². The summed E-state index contributed by atoms with van der Waals surface area (Å²) in [6.07, 6.45) is 0.950. The molecule has 0 aliphatic rings. The molecule has 0 saturated carbocycles. The fraction of sp³-hybridized carbons (Fsp3) is 0.333. The van der Waals surface area contributed by atoms with Crippen molar-refractivity contribution in [1.29, 1.82) is 0 Å². The zero-order chi connectivity index (χ0) is 10.9. The van der Waals surface area contributed by atoms with Crippen LogP contribution >= 0.6 is 11.6 Å². The molecule has 0 radical (unpaired) electrons. The highest BCUT2D eigenvalue weighted by Crippen LogP contribution is 2.28. The van der Waals surface area contributed by atoms with Crippen LogP contribution in [-0.2, 0) is 10.2 Å². The van der Waals surface area contributed by atoms with Crippen molar-refractivity contribution in [3.05, 3.63) is 28.8 Å². The lowest BCUT2D eigenvalue weighted by Gasteiger charge is -2.19.